The molecule has 0 fully saturated rings. The number of anilines is 1. The molecule has 102 valence electrons. The average molecular weight is 291 g/mol. The standard InChI is InChI=1S/C10H17N3O3S2/c1-8(17(2)14)5-7-13-18(15,16)10-9(11)4-3-6-12-10/h3-4,6,8,13H,5,7,11H2,1-2H3. The summed E-state index contributed by atoms with van der Waals surface area (Å²) < 4.78 is 37.3. The molecule has 18 heavy (non-hydrogen) atoms. The minimum Gasteiger partial charge on any atom is -0.396 e. The molecule has 0 aliphatic carbocycles. The number of hydrogen-bond donors (Lipinski definition) is 2. The Bertz CT molecular complexity index is 531. The van der Waals surface area contributed by atoms with Crippen LogP contribution in [0.3, 0.4) is 0 Å². The van der Waals surface area contributed by atoms with Crippen LogP contribution in [0.25, 0.3) is 0 Å². The van der Waals surface area contributed by atoms with Crippen molar-refractivity contribution >= 4 is 26.5 Å². The van der Waals surface area contributed by atoms with Gasteiger partial charge >= 0.3 is 0 Å². The second kappa shape index (κ2) is 6.26. The van der Waals surface area contributed by atoms with Crippen LogP contribution in [-0.4, -0.2) is 35.7 Å². The third-order valence-electron chi connectivity index (χ3n) is 2.46. The lowest BCUT2D eigenvalue weighted by atomic mass is 10.3. The van der Waals surface area contributed by atoms with E-state index in [4.69, 9.17) is 5.73 Å². The Morgan fingerprint density at radius 3 is 2.78 bits per heavy atom. The third-order valence-corrected chi connectivity index (χ3v) is 5.27. The van der Waals surface area contributed by atoms with E-state index < -0.39 is 20.8 Å². The van der Waals surface area contributed by atoms with E-state index in [1.807, 2.05) is 0 Å². The van der Waals surface area contributed by atoms with Crippen LogP contribution in [0, 0.1) is 0 Å². The van der Waals surface area contributed by atoms with E-state index >= 15 is 0 Å². The molecule has 0 aliphatic rings. The molecule has 0 spiro atoms. The molecule has 2 unspecified atom stereocenters. The number of nitrogens with zero attached hydrogens (tertiary/aromatic N) is 1. The van der Waals surface area contributed by atoms with Gasteiger partial charge in [-0.1, -0.05) is 6.92 Å². The first kappa shape index (κ1) is 15.1. The maximum absolute atomic E-state index is 11.9. The highest BCUT2D eigenvalue weighted by Crippen LogP contribution is 2.13. The van der Waals surface area contributed by atoms with Crippen LogP contribution in [0.15, 0.2) is 23.4 Å². The highest BCUT2D eigenvalue weighted by Gasteiger charge is 2.18. The molecule has 1 aromatic heterocycles. The van der Waals surface area contributed by atoms with Crippen LogP contribution in [0.1, 0.15) is 13.3 Å². The lowest BCUT2D eigenvalue weighted by Crippen LogP contribution is -2.28. The van der Waals surface area contributed by atoms with Crippen molar-refractivity contribution in [2.24, 2.45) is 0 Å². The van der Waals surface area contributed by atoms with Gasteiger partial charge in [0.05, 0.1) is 5.69 Å². The maximum atomic E-state index is 11.9. The summed E-state index contributed by atoms with van der Waals surface area (Å²) in [4.78, 5) is 3.75. The number of nitrogens with two attached hydrogens (primary N) is 1. The van der Waals surface area contributed by atoms with E-state index in [0.717, 1.165) is 0 Å². The second-order valence-electron chi connectivity index (χ2n) is 3.89. The molecule has 1 rings (SSSR count). The largest absolute Gasteiger partial charge is 0.396 e. The van der Waals surface area contributed by atoms with Crippen molar-refractivity contribution in [1.82, 2.24) is 9.71 Å². The van der Waals surface area contributed by atoms with Crippen LogP contribution >= 0.6 is 0 Å². The smallest absolute Gasteiger partial charge is 0.260 e. The van der Waals surface area contributed by atoms with Gasteiger partial charge in [-0.2, -0.15) is 0 Å². The number of pyridine rings is 1. The molecular weight excluding hydrogens is 274 g/mol. The number of nitrogen functional groups attached to an aromatic ring is 1. The highest BCUT2D eigenvalue weighted by molar-refractivity contribution is 7.89. The fourth-order valence-electron chi connectivity index (χ4n) is 1.26. The van der Waals surface area contributed by atoms with Gasteiger partial charge in [0.2, 0.25) is 0 Å². The molecule has 0 aliphatic heterocycles. The predicted octanol–water partition coefficient (Wildman–Crippen LogP) is 0.0992. The summed E-state index contributed by atoms with van der Waals surface area (Å²) in [6.07, 6.45) is 3.46. The predicted molar refractivity (Wildman–Crippen MR) is 72.0 cm³/mol. The van der Waals surface area contributed by atoms with Crippen molar-refractivity contribution in [2.75, 3.05) is 18.5 Å². The second-order valence-corrected chi connectivity index (χ2v) is 7.38. The fraction of sp³-hybridized carbons (Fsp3) is 0.500. The zero-order chi connectivity index (χ0) is 13.8. The number of nitrogens with one attached hydrogen (secondary N) is 1. The first-order valence-electron chi connectivity index (χ1n) is 5.37. The molecule has 0 aromatic carbocycles. The summed E-state index contributed by atoms with van der Waals surface area (Å²) in [5.41, 5.74) is 5.66. The SMILES string of the molecule is CC(CCNS(=O)(=O)c1ncccc1N)S(C)=O. The van der Waals surface area contributed by atoms with Gasteiger partial charge < -0.3 is 5.73 Å². The van der Waals surface area contributed by atoms with E-state index in [1.54, 1.807) is 19.2 Å². The van der Waals surface area contributed by atoms with Crippen LogP contribution in [0.2, 0.25) is 0 Å². The Balaban J connectivity index is 2.67. The number of sulfonamides is 1. The molecule has 1 aromatic rings. The normalized spacial score (nSPS) is 15.2. The summed E-state index contributed by atoms with van der Waals surface area (Å²) in [5, 5.41) is -0.232. The molecule has 0 saturated heterocycles. The molecule has 0 amide bonds. The van der Waals surface area contributed by atoms with Gasteiger partial charge in [0.25, 0.3) is 10.0 Å². The lowest BCUT2D eigenvalue weighted by molar-refractivity contribution is 0.574. The van der Waals surface area contributed by atoms with Crippen molar-refractivity contribution in [3.05, 3.63) is 18.3 Å². The average Bonchev–Trinajstić information content (AvgIpc) is 2.28. The summed E-state index contributed by atoms with van der Waals surface area (Å²) in [5.74, 6) is 0. The minimum absolute atomic E-state index is 0.0613. The van der Waals surface area contributed by atoms with Gasteiger partial charge in [0.15, 0.2) is 5.03 Å². The van der Waals surface area contributed by atoms with E-state index in [9.17, 15) is 12.6 Å². The Kier molecular flexibility index (Phi) is 5.24. The Morgan fingerprint density at radius 2 is 2.22 bits per heavy atom. The van der Waals surface area contributed by atoms with Crippen molar-refractivity contribution in [1.29, 1.82) is 0 Å². The van der Waals surface area contributed by atoms with Crippen LogP contribution < -0.4 is 10.5 Å². The van der Waals surface area contributed by atoms with Crippen LogP contribution in [0.5, 0.6) is 0 Å². The molecule has 0 saturated carbocycles. The summed E-state index contributed by atoms with van der Waals surface area (Å²) in [7, 11) is -4.66. The topological polar surface area (TPSA) is 102 Å². The van der Waals surface area contributed by atoms with E-state index in [0.29, 0.717) is 6.42 Å². The maximum Gasteiger partial charge on any atom is 0.260 e. The quantitative estimate of drug-likeness (QED) is 0.774. The fourth-order valence-corrected chi connectivity index (χ4v) is 2.81. The molecule has 1 heterocycles. The Morgan fingerprint density at radius 1 is 1.56 bits per heavy atom. The first-order valence-corrected chi connectivity index (χ1v) is 8.47. The first-order chi connectivity index (χ1) is 8.34. The molecular formula is C10H17N3O3S2. The minimum atomic E-state index is -3.70. The van der Waals surface area contributed by atoms with Gasteiger partial charge in [-0.15, -0.1) is 0 Å². The number of rotatable bonds is 6. The molecule has 0 radical (unpaired) electrons. The van der Waals surface area contributed by atoms with Crippen LogP contribution in [0.4, 0.5) is 5.69 Å². The molecule has 2 atom stereocenters. The monoisotopic (exact) mass is 291 g/mol. The van der Waals surface area contributed by atoms with E-state index in [-0.39, 0.29) is 22.5 Å². The van der Waals surface area contributed by atoms with Crippen LogP contribution in [-0.2, 0) is 20.8 Å². The van der Waals surface area contributed by atoms with E-state index in [2.05, 4.69) is 9.71 Å². The zero-order valence-corrected chi connectivity index (χ0v) is 11.9. The Labute approximate surface area is 110 Å². The third kappa shape index (κ3) is 4.04. The van der Waals surface area contributed by atoms with Crippen molar-refractivity contribution in [3.63, 3.8) is 0 Å². The lowest BCUT2D eigenvalue weighted by Gasteiger charge is -2.10. The van der Waals surface area contributed by atoms with Crippen molar-refractivity contribution in [3.8, 4) is 0 Å². The number of aromatic nitrogens is 1. The molecule has 0 bridgehead atoms. The summed E-state index contributed by atoms with van der Waals surface area (Å²) in [6.45, 7) is 2.01. The van der Waals surface area contributed by atoms with Gasteiger partial charge in [-0.05, 0) is 18.6 Å². The van der Waals surface area contributed by atoms with Gasteiger partial charge in [-0.25, -0.2) is 18.1 Å². The Hall–Kier alpha value is -0.990. The zero-order valence-electron chi connectivity index (χ0n) is 10.3. The number of hydrogen-bond acceptors (Lipinski definition) is 5. The van der Waals surface area contributed by atoms with Gasteiger partial charge in [0, 0.05) is 35.0 Å². The highest BCUT2D eigenvalue weighted by atomic mass is 32.2. The molecule has 8 heteroatoms. The summed E-state index contributed by atoms with van der Waals surface area (Å²) in [6, 6.07) is 3.04. The van der Waals surface area contributed by atoms with Gasteiger partial charge in [-0.3, -0.25) is 4.21 Å². The molecule has 3 N–H and O–H groups in total. The van der Waals surface area contributed by atoms with Gasteiger partial charge in [0.1, 0.15) is 0 Å². The van der Waals surface area contributed by atoms with E-state index in [1.165, 1.54) is 12.3 Å². The van der Waals surface area contributed by atoms with Crippen molar-refractivity contribution in [2.45, 2.75) is 23.6 Å². The summed E-state index contributed by atoms with van der Waals surface area (Å²) >= 11 is 0. The van der Waals surface area contributed by atoms with Crippen molar-refractivity contribution < 1.29 is 12.6 Å². The molecule has 6 nitrogen and oxygen atoms in total.